The number of benzene rings is 1. The summed E-state index contributed by atoms with van der Waals surface area (Å²) in [6.45, 7) is 1.62. The second-order valence-corrected chi connectivity index (χ2v) is 13.7. The van der Waals surface area contributed by atoms with E-state index in [4.69, 9.17) is 11.6 Å². The summed E-state index contributed by atoms with van der Waals surface area (Å²) in [7, 11) is -3.50. The highest BCUT2D eigenvalue weighted by atomic mass is 35.5. The first kappa shape index (κ1) is 28.6. The molecule has 2 N–H and O–H groups in total. The maximum Gasteiger partial charge on any atom is 0.389 e. The van der Waals surface area contributed by atoms with Crippen LogP contribution in [0.15, 0.2) is 12.1 Å². The molecule has 3 saturated heterocycles. The number of fused-ring (bicyclic) bond motifs is 3. The highest BCUT2D eigenvalue weighted by Gasteiger charge is 2.47. The number of sulfonamides is 1. The number of rotatable bonds is 8. The van der Waals surface area contributed by atoms with Crippen LogP contribution in [-0.2, 0) is 21.2 Å². The maximum atomic E-state index is 13.5. The lowest BCUT2D eigenvalue weighted by Crippen LogP contribution is -2.53. The predicted molar refractivity (Wildman–Crippen MR) is 141 cm³/mol. The molecule has 5 rings (SSSR count). The van der Waals surface area contributed by atoms with Crippen molar-refractivity contribution < 1.29 is 31.2 Å². The molecule has 0 saturated carbocycles. The van der Waals surface area contributed by atoms with E-state index in [-0.39, 0.29) is 59.5 Å². The van der Waals surface area contributed by atoms with Gasteiger partial charge in [-0.1, -0.05) is 11.6 Å². The molecule has 1 aromatic rings. The number of anilines is 1. The molecule has 39 heavy (non-hydrogen) atoms. The molecule has 3 atom stereocenters. The van der Waals surface area contributed by atoms with Gasteiger partial charge >= 0.3 is 6.18 Å². The number of likely N-dealkylation sites (tertiary alicyclic amines) is 1. The van der Waals surface area contributed by atoms with Crippen LogP contribution in [-0.4, -0.2) is 79.1 Å². The number of amides is 2. The Labute approximate surface area is 231 Å². The number of carbonyl (C=O) groups is 2. The van der Waals surface area contributed by atoms with Gasteiger partial charge in [-0.15, -0.1) is 0 Å². The zero-order valence-corrected chi connectivity index (χ0v) is 23.2. The van der Waals surface area contributed by atoms with Gasteiger partial charge < -0.3 is 15.5 Å². The lowest BCUT2D eigenvalue weighted by atomic mass is 9.98. The molecule has 2 amide bonds. The van der Waals surface area contributed by atoms with Crippen molar-refractivity contribution in [1.29, 1.82) is 0 Å². The van der Waals surface area contributed by atoms with Crippen LogP contribution >= 0.6 is 11.6 Å². The summed E-state index contributed by atoms with van der Waals surface area (Å²) in [5, 5.41) is 6.00. The standard InChI is InChI=1S/C26H34ClF3N4O4S/c27-22-14-23-17(11-24(35)32-23)10-21(22)25(36)31-18-12-19-2-3-20(13-18)34(19)39(37,38)15-16-4-8-33(9-5-16)7-1-6-26(28,29)30/h10,14,16,18-20H,1-9,11-13,15H2,(H,31,36)(H,32,35)/t18-,19-,20+. The monoisotopic (exact) mass is 590 g/mol. The van der Waals surface area contributed by atoms with Gasteiger partial charge in [0.2, 0.25) is 15.9 Å². The minimum absolute atomic E-state index is 0.00554. The van der Waals surface area contributed by atoms with Crippen molar-refractivity contribution in [2.24, 2.45) is 5.92 Å². The number of piperidine rings is 2. The van der Waals surface area contributed by atoms with Crippen molar-refractivity contribution in [3.63, 3.8) is 0 Å². The first-order chi connectivity index (χ1) is 18.4. The minimum atomic E-state index is -4.14. The van der Waals surface area contributed by atoms with E-state index in [1.54, 1.807) is 16.4 Å². The molecule has 0 unspecified atom stereocenters. The van der Waals surface area contributed by atoms with E-state index in [0.29, 0.717) is 56.6 Å². The Hall–Kier alpha value is -1.89. The van der Waals surface area contributed by atoms with Gasteiger partial charge in [0.25, 0.3) is 5.91 Å². The minimum Gasteiger partial charge on any atom is -0.349 e. The quantitative estimate of drug-likeness (QED) is 0.478. The average molecular weight is 591 g/mol. The van der Waals surface area contributed by atoms with Gasteiger partial charge in [0.1, 0.15) is 0 Å². The van der Waals surface area contributed by atoms with Crippen molar-refractivity contribution in [1.82, 2.24) is 14.5 Å². The number of carbonyl (C=O) groups excluding carboxylic acids is 2. The number of halogens is 4. The fourth-order valence-electron chi connectivity index (χ4n) is 6.66. The van der Waals surface area contributed by atoms with E-state index in [9.17, 15) is 31.2 Å². The number of hydrogen-bond acceptors (Lipinski definition) is 5. The third-order valence-electron chi connectivity index (χ3n) is 8.47. The number of hydrogen-bond donors (Lipinski definition) is 2. The third kappa shape index (κ3) is 6.71. The molecule has 3 fully saturated rings. The first-order valence-electron chi connectivity index (χ1n) is 13.6. The van der Waals surface area contributed by atoms with Crippen molar-refractivity contribution >= 4 is 39.1 Å². The molecule has 0 aliphatic carbocycles. The van der Waals surface area contributed by atoms with Crippen molar-refractivity contribution in [3.05, 3.63) is 28.3 Å². The average Bonchev–Trinajstić information content (AvgIpc) is 3.34. The molecule has 13 heteroatoms. The summed E-state index contributed by atoms with van der Waals surface area (Å²) < 4.78 is 65.8. The summed E-state index contributed by atoms with van der Waals surface area (Å²) in [5.74, 6) is -0.417. The Bertz CT molecular complexity index is 1210. The van der Waals surface area contributed by atoms with Crippen LogP contribution < -0.4 is 10.6 Å². The van der Waals surface area contributed by atoms with Crippen LogP contribution in [0.1, 0.15) is 67.3 Å². The fourth-order valence-corrected chi connectivity index (χ4v) is 9.30. The van der Waals surface area contributed by atoms with Gasteiger partial charge in [-0.05, 0) is 88.2 Å². The highest BCUT2D eigenvalue weighted by molar-refractivity contribution is 7.89. The Morgan fingerprint density at radius 3 is 2.41 bits per heavy atom. The molecule has 4 heterocycles. The Morgan fingerprint density at radius 2 is 1.77 bits per heavy atom. The van der Waals surface area contributed by atoms with Crippen molar-refractivity contribution in [2.75, 3.05) is 30.7 Å². The largest absolute Gasteiger partial charge is 0.389 e. The van der Waals surface area contributed by atoms with Crippen LogP contribution in [0.2, 0.25) is 5.02 Å². The lowest BCUT2D eigenvalue weighted by Gasteiger charge is -2.39. The van der Waals surface area contributed by atoms with E-state index in [2.05, 4.69) is 10.6 Å². The molecule has 8 nitrogen and oxygen atoms in total. The molecule has 1 aromatic carbocycles. The Balaban J connectivity index is 1.13. The maximum absolute atomic E-state index is 13.5. The van der Waals surface area contributed by atoms with Crippen LogP contribution in [0, 0.1) is 5.92 Å². The van der Waals surface area contributed by atoms with E-state index in [1.807, 2.05) is 4.90 Å². The van der Waals surface area contributed by atoms with Gasteiger partial charge in [-0.3, -0.25) is 9.59 Å². The molecular formula is C26H34ClF3N4O4S. The first-order valence-corrected chi connectivity index (χ1v) is 15.6. The van der Waals surface area contributed by atoms with Crippen LogP contribution in [0.3, 0.4) is 0 Å². The third-order valence-corrected chi connectivity index (χ3v) is 10.9. The summed E-state index contributed by atoms with van der Waals surface area (Å²) >= 11 is 6.32. The number of nitrogens with one attached hydrogen (secondary N) is 2. The second-order valence-electron chi connectivity index (χ2n) is 11.4. The number of alkyl halides is 3. The molecular weight excluding hydrogens is 557 g/mol. The van der Waals surface area contributed by atoms with Gasteiger partial charge in [0.05, 0.1) is 22.8 Å². The summed E-state index contributed by atoms with van der Waals surface area (Å²) in [5.41, 5.74) is 1.65. The molecule has 0 spiro atoms. The second kappa shape index (κ2) is 11.2. The predicted octanol–water partition coefficient (Wildman–Crippen LogP) is 3.94. The summed E-state index contributed by atoms with van der Waals surface area (Å²) in [6.07, 6.45) is -0.784. The van der Waals surface area contributed by atoms with Crippen LogP contribution in [0.5, 0.6) is 0 Å². The smallest absolute Gasteiger partial charge is 0.349 e. The molecule has 4 aliphatic heterocycles. The zero-order chi connectivity index (χ0) is 27.9. The van der Waals surface area contributed by atoms with Crippen molar-refractivity contribution in [2.45, 2.75) is 82.1 Å². The van der Waals surface area contributed by atoms with Gasteiger partial charge in [0.15, 0.2) is 0 Å². The Kier molecular flexibility index (Phi) is 8.21. The number of nitrogens with zero attached hydrogens (tertiary/aromatic N) is 2. The van der Waals surface area contributed by atoms with E-state index in [1.165, 1.54) is 0 Å². The SMILES string of the molecule is O=C1Cc2cc(C(=O)N[C@@H]3C[C@H]4CC[C@@H](C3)N4S(=O)(=O)CC3CCN(CCCC(F)(F)F)CC3)c(Cl)cc2N1. The topological polar surface area (TPSA) is 98.8 Å². The summed E-state index contributed by atoms with van der Waals surface area (Å²) in [6, 6.07) is 2.71. The molecule has 2 bridgehead atoms. The fraction of sp³-hybridized carbons (Fsp3) is 0.692. The zero-order valence-electron chi connectivity index (χ0n) is 21.6. The van der Waals surface area contributed by atoms with Gasteiger partial charge in [-0.25, -0.2) is 8.42 Å². The lowest BCUT2D eigenvalue weighted by molar-refractivity contribution is -0.136. The molecule has 4 aliphatic rings. The van der Waals surface area contributed by atoms with E-state index >= 15 is 0 Å². The highest BCUT2D eigenvalue weighted by Crippen LogP contribution is 2.39. The van der Waals surface area contributed by atoms with Crippen LogP contribution in [0.25, 0.3) is 0 Å². The van der Waals surface area contributed by atoms with E-state index in [0.717, 1.165) is 18.4 Å². The van der Waals surface area contributed by atoms with Crippen LogP contribution in [0.4, 0.5) is 18.9 Å². The van der Waals surface area contributed by atoms with Gasteiger partial charge in [-0.2, -0.15) is 17.5 Å². The van der Waals surface area contributed by atoms with Gasteiger partial charge in [0, 0.05) is 30.2 Å². The normalized spacial score (nSPS) is 26.5. The van der Waals surface area contributed by atoms with E-state index < -0.39 is 22.6 Å². The molecule has 216 valence electrons. The molecule has 0 aromatic heterocycles. The van der Waals surface area contributed by atoms with Crippen molar-refractivity contribution in [3.8, 4) is 0 Å². The summed E-state index contributed by atoms with van der Waals surface area (Å²) in [4.78, 5) is 26.7. The molecule has 0 radical (unpaired) electrons. The Morgan fingerprint density at radius 1 is 1.10 bits per heavy atom.